The molecule has 1 aromatic heterocycles. The standard InChI is InChI=1S/C12H19N3O4/c1-9-5-11(16)15(19-9)12(17)8-14(2)7-10-6-13-3-4-18-10/h5,10,13H,3-4,6-8H2,1-2H3. The van der Waals surface area contributed by atoms with E-state index in [1.165, 1.54) is 6.07 Å². The van der Waals surface area contributed by atoms with E-state index in [1.807, 2.05) is 11.9 Å². The number of rotatable bonds is 4. The van der Waals surface area contributed by atoms with Crippen molar-refractivity contribution in [2.45, 2.75) is 13.0 Å². The molecule has 0 amide bonds. The normalized spacial score (nSPS) is 19.8. The summed E-state index contributed by atoms with van der Waals surface area (Å²) in [6.07, 6.45) is 0.0709. The first-order valence-electron chi connectivity index (χ1n) is 6.30. The Kier molecular flexibility index (Phi) is 4.52. The Morgan fingerprint density at radius 3 is 3.00 bits per heavy atom. The van der Waals surface area contributed by atoms with Crippen LogP contribution in [0.5, 0.6) is 0 Å². The van der Waals surface area contributed by atoms with Gasteiger partial charge in [-0.05, 0) is 14.0 Å². The highest BCUT2D eigenvalue weighted by molar-refractivity contribution is 5.79. The summed E-state index contributed by atoms with van der Waals surface area (Å²) in [5.41, 5.74) is -0.425. The van der Waals surface area contributed by atoms with Gasteiger partial charge in [-0.1, -0.05) is 0 Å². The molecule has 0 spiro atoms. The lowest BCUT2D eigenvalue weighted by Gasteiger charge is -2.27. The van der Waals surface area contributed by atoms with Crippen LogP contribution in [0.1, 0.15) is 10.6 Å². The van der Waals surface area contributed by atoms with Gasteiger partial charge < -0.3 is 14.6 Å². The van der Waals surface area contributed by atoms with Crippen LogP contribution < -0.4 is 10.9 Å². The van der Waals surface area contributed by atoms with Gasteiger partial charge in [0.05, 0.1) is 19.3 Å². The smallest absolute Gasteiger partial charge is 0.290 e. The van der Waals surface area contributed by atoms with Crippen molar-refractivity contribution in [1.82, 2.24) is 15.0 Å². The zero-order valence-electron chi connectivity index (χ0n) is 11.2. The first-order valence-corrected chi connectivity index (χ1v) is 6.30. The Bertz CT molecular complexity index is 487. The maximum absolute atomic E-state index is 11.9. The van der Waals surface area contributed by atoms with Gasteiger partial charge in [-0.25, -0.2) is 0 Å². The number of nitrogens with zero attached hydrogens (tertiary/aromatic N) is 2. The summed E-state index contributed by atoms with van der Waals surface area (Å²) in [6, 6.07) is 1.30. The van der Waals surface area contributed by atoms with Crippen LogP contribution in [0, 0.1) is 6.92 Å². The molecule has 106 valence electrons. The third-order valence-corrected chi connectivity index (χ3v) is 2.91. The molecule has 0 aromatic carbocycles. The third-order valence-electron chi connectivity index (χ3n) is 2.91. The average Bonchev–Trinajstić information content (AvgIpc) is 2.69. The highest BCUT2D eigenvalue weighted by Crippen LogP contribution is 1.99. The Morgan fingerprint density at radius 1 is 1.63 bits per heavy atom. The molecule has 1 saturated heterocycles. The van der Waals surface area contributed by atoms with Gasteiger partial charge in [0.15, 0.2) is 0 Å². The fourth-order valence-corrected chi connectivity index (χ4v) is 2.07. The summed E-state index contributed by atoms with van der Waals surface area (Å²) >= 11 is 0. The molecule has 1 unspecified atom stereocenters. The van der Waals surface area contributed by atoms with Crippen molar-refractivity contribution >= 4 is 5.91 Å². The Hall–Kier alpha value is -1.44. The monoisotopic (exact) mass is 269 g/mol. The number of hydrogen-bond donors (Lipinski definition) is 1. The summed E-state index contributed by atoms with van der Waals surface area (Å²) in [5, 5.41) is 3.23. The van der Waals surface area contributed by atoms with Gasteiger partial charge in [-0.2, -0.15) is 0 Å². The number of nitrogens with one attached hydrogen (secondary N) is 1. The lowest BCUT2D eigenvalue weighted by atomic mass is 10.3. The molecule has 7 heteroatoms. The molecule has 1 aliphatic heterocycles. The van der Waals surface area contributed by atoms with Crippen molar-refractivity contribution in [3.05, 3.63) is 22.2 Å². The maximum Gasteiger partial charge on any atom is 0.290 e. The Balaban J connectivity index is 1.87. The molecule has 1 aliphatic rings. The van der Waals surface area contributed by atoms with E-state index >= 15 is 0 Å². The molecule has 2 rings (SSSR count). The molecule has 19 heavy (non-hydrogen) atoms. The molecule has 0 saturated carbocycles. The molecule has 1 aromatic rings. The lowest BCUT2D eigenvalue weighted by molar-refractivity contribution is 0.00939. The van der Waals surface area contributed by atoms with Gasteiger partial charge in [-0.3, -0.25) is 14.5 Å². The summed E-state index contributed by atoms with van der Waals surface area (Å²) in [4.78, 5) is 25.2. The van der Waals surface area contributed by atoms with E-state index in [4.69, 9.17) is 9.26 Å². The number of likely N-dealkylation sites (N-methyl/N-ethyl adjacent to an activating group) is 1. The molecule has 1 atom stereocenters. The van der Waals surface area contributed by atoms with Crippen LogP contribution >= 0.6 is 0 Å². The van der Waals surface area contributed by atoms with Crippen LogP contribution in [-0.2, 0) is 4.74 Å². The van der Waals surface area contributed by atoms with E-state index in [0.717, 1.165) is 17.8 Å². The zero-order chi connectivity index (χ0) is 13.8. The molecule has 2 heterocycles. The average molecular weight is 269 g/mol. The largest absolute Gasteiger partial charge is 0.374 e. The van der Waals surface area contributed by atoms with Crippen LogP contribution in [0.4, 0.5) is 0 Å². The number of aromatic nitrogens is 1. The number of ether oxygens (including phenoxy) is 1. The second-order valence-electron chi connectivity index (χ2n) is 4.77. The number of carbonyl (C=O) groups excluding carboxylic acids is 1. The Labute approximate surface area is 111 Å². The fourth-order valence-electron chi connectivity index (χ4n) is 2.07. The van der Waals surface area contributed by atoms with E-state index in [2.05, 4.69) is 5.32 Å². The van der Waals surface area contributed by atoms with Crippen LogP contribution in [0.2, 0.25) is 0 Å². The van der Waals surface area contributed by atoms with Crippen LogP contribution in [0.3, 0.4) is 0 Å². The maximum atomic E-state index is 11.9. The predicted molar refractivity (Wildman–Crippen MR) is 68.4 cm³/mol. The molecular weight excluding hydrogens is 250 g/mol. The second-order valence-corrected chi connectivity index (χ2v) is 4.77. The molecule has 0 radical (unpaired) electrons. The van der Waals surface area contributed by atoms with Crippen LogP contribution in [0.25, 0.3) is 0 Å². The fraction of sp³-hybridized carbons (Fsp3) is 0.667. The quantitative estimate of drug-likeness (QED) is 0.779. The van der Waals surface area contributed by atoms with E-state index in [0.29, 0.717) is 18.9 Å². The minimum Gasteiger partial charge on any atom is -0.374 e. The van der Waals surface area contributed by atoms with E-state index in [9.17, 15) is 9.59 Å². The van der Waals surface area contributed by atoms with Gasteiger partial charge in [-0.15, -0.1) is 4.74 Å². The highest BCUT2D eigenvalue weighted by Gasteiger charge is 2.19. The first-order chi connectivity index (χ1) is 9.06. The highest BCUT2D eigenvalue weighted by atomic mass is 16.5. The molecule has 7 nitrogen and oxygen atoms in total. The summed E-state index contributed by atoms with van der Waals surface area (Å²) < 4.78 is 11.4. The molecule has 1 N–H and O–H groups in total. The lowest BCUT2D eigenvalue weighted by Crippen LogP contribution is -2.46. The van der Waals surface area contributed by atoms with Crippen molar-refractivity contribution in [2.24, 2.45) is 0 Å². The van der Waals surface area contributed by atoms with Crippen molar-refractivity contribution < 1.29 is 14.1 Å². The van der Waals surface area contributed by atoms with E-state index in [-0.39, 0.29) is 18.6 Å². The van der Waals surface area contributed by atoms with Crippen molar-refractivity contribution in [3.63, 3.8) is 0 Å². The molecule has 1 fully saturated rings. The second kappa shape index (κ2) is 6.14. The van der Waals surface area contributed by atoms with Gasteiger partial charge in [0, 0.05) is 25.7 Å². The summed E-state index contributed by atoms with van der Waals surface area (Å²) in [5.74, 6) is 0.0604. The number of hydrogen-bond acceptors (Lipinski definition) is 6. The van der Waals surface area contributed by atoms with Gasteiger partial charge in [0.2, 0.25) is 0 Å². The van der Waals surface area contributed by atoms with Crippen molar-refractivity contribution in [3.8, 4) is 0 Å². The summed E-state index contributed by atoms with van der Waals surface area (Å²) in [7, 11) is 1.82. The first kappa shape index (κ1) is 14.0. The number of morpholine rings is 1. The molecule has 0 aliphatic carbocycles. The number of aryl methyl sites for hydroxylation is 1. The SMILES string of the molecule is Cc1cc(=O)n(C(=O)CN(C)CC2CNCCO2)o1. The van der Waals surface area contributed by atoms with Gasteiger partial charge >= 0.3 is 0 Å². The zero-order valence-corrected chi connectivity index (χ0v) is 11.2. The van der Waals surface area contributed by atoms with Crippen molar-refractivity contribution in [2.75, 3.05) is 39.8 Å². The van der Waals surface area contributed by atoms with Crippen LogP contribution in [-0.4, -0.2) is 61.5 Å². The van der Waals surface area contributed by atoms with Crippen molar-refractivity contribution in [1.29, 1.82) is 0 Å². The van der Waals surface area contributed by atoms with Gasteiger partial charge in [0.1, 0.15) is 5.76 Å². The summed E-state index contributed by atoms with van der Waals surface area (Å²) in [6.45, 7) is 4.71. The molecular formula is C12H19N3O4. The Morgan fingerprint density at radius 2 is 2.42 bits per heavy atom. The third kappa shape index (κ3) is 3.76. The van der Waals surface area contributed by atoms with E-state index in [1.54, 1.807) is 6.92 Å². The minimum atomic E-state index is -0.425. The predicted octanol–water partition coefficient (Wildman–Crippen LogP) is -0.690. The van der Waals surface area contributed by atoms with Gasteiger partial charge in [0.25, 0.3) is 11.5 Å². The minimum absolute atomic E-state index is 0.0709. The number of carbonyl (C=O) groups is 1. The van der Waals surface area contributed by atoms with E-state index < -0.39 is 5.56 Å². The topological polar surface area (TPSA) is 76.7 Å². The van der Waals surface area contributed by atoms with Crippen LogP contribution in [0.15, 0.2) is 15.4 Å². The molecule has 0 bridgehead atoms.